The summed E-state index contributed by atoms with van der Waals surface area (Å²) in [6, 6.07) is 13.0. The third-order valence-corrected chi connectivity index (χ3v) is 4.30. The van der Waals surface area contributed by atoms with E-state index in [0.29, 0.717) is 5.92 Å². The van der Waals surface area contributed by atoms with Crippen molar-refractivity contribution in [3.8, 4) is 10.4 Å². The van der Waals surface area contributed by atoms with Gasteiger partial charge in [0.15, 0.2) is 0 Å². The molecular formula is C15H19NS. The zero-order chi connectivity index (χ0) is 12.4. The van der Waals surface area contributed by atoms with Crippen molar-refractivity contribution in [1.29, 1.82) is 0 Å². The van der Waals surface area contributed by atoms with Crippen LogP contribution >= 0.6 is 11.3 Å². The summed E-state index contributed by atoms with van der Waals surface area (Å²) < 4.78 is 0. The number of thiophene rings is 1. The molecule has 1 heterocycles. The molecule has 17 heavy (non-hydrogen) atoms. The van der Waals surface area contributed by atoms with Crippen LogP contribution in [-0.4, -0.2) is 0 Å². The standard InChI is InChI=1S/C15H19NS/c1-10(2)15(16)14-9-8-13(17-14)12-7-5-4-6-11(12)3/h4-10,15H,16H2,1-3H3. The van der Waals surface area contributed by atoms with Crippen molar-refractivity contribution in [3.63, 3.8) is 0 Å². The molecule has 1 aromatic heterocycles. The van der Waals surface area contributed by atoms with Gasteiger partial charge in [-0.1, -0.05) is 38.1 Å². The predicted molar refractivity (Wildman–Crippen MR) is 76.3 cm³/mol. The van der Waals surface area contributed by atoms with Crippen LogP contribution in [0.25, 0.3) is 10.4 Å². The third-order valence-electron chi connectivity index (χ3n) is 3.08. The van der Waals surface area contributed by atoms with Gasteiger partial charge in [0.1, 0.15) is 0 Å². The van der Waals surface area contributed by atoms with Gasteiger partial charge in [-0.05, 0) is 36.1 Å². The van der Waals surface area contributed by atoms with Crippen molar-refractivity contribution in [2.24, 2.45) is 11.7 Å². The Morgan fingerprint density at radius 1 is 1.06 bits per heavy atom. The lowest BCUT2D eigenvalue weighted by atomic mass is 10.0. The molecule has 0 fully saturated rings. The summed E-state index contributed by atoms with van der Waals surface area (Å²) in [5.74, 6) is 0.485. The minimum Gasteiger partial charge on any atom is -0.323 e. The van der Waals surface area contributed by atoms with Gasteiger partial charge in [0, 0.05) is 15.8 Å². The first kappa shape index (κ1) is 12.3. The molecule has 1 unspecified atom stereocenters. The molecule has 0 saturated heterocycles. The topological polar surface area (TPSA) is 26.0 Å². The van der Waals surface area contributed by atoms with E-state index in [-0.39, 0.29) is 6.04 Å². The predicted octanol–water partition coefficient (Wildman–Crippen LogP) is 4.38. The number of hydrogen-bond acceptors (Lipinski definition) is 2. The van der Waals surface area contributed by atoms with Gasteiger partial charge in [0.05, 0.1) is 0 Å². The highest BCUT2D eigenvalue weighted by Crippen LogP contribution is 2.34. The first-order valence-electron chi connectivity index (χ1n) is 6.01. The summed E-state index contributed by atoms with van der Waals surface area (Å²) in [6.45, 7) is 6.48. The molecule has 2 aromatic rings. The minimum absolute atomic E-state index is 0.151. The molecule has 90 valence electrons. The highest BCUT2D eigenvalue weighted by Gasteiger charge is 2.13. The van der Waals surface area contributed by atoms with Gasteiger partial charge in [0.2, 0.25) is 0 Å². The maximum Gasteiger partial charge on any atom is 0.0413 e. The van der Waals surface area contributed by atoms with E-state index in [2.05, 4.69) is 57.2 Å². The Kier molecular flexibility index (Phi) is 3.65. The zero-order valence-corrected chi connectivity index (χ0v) is 11.4. The molecule has 1 atom stereocenters. The summed E-state index contributed by atoms with van der Waals surface area (Å²) in [5.41, 5.74) is 8.82. The first-order valence-corrected chi connectivity index (χ1v) is 6.82. The normalized spacial score (nSPS) is 13.0. The van der Waals surface area contributed by atoms with Crippen molar-refractivity contribution in [3.05, 3.63) is 46.8 Å². The highest BCUT2D eigenvalue weighted by molar-refractivity contribution is 7.15. The molecule has 1 nitrogen and oxygen atoms in total. The van der Waals surface area contributed by atoms with Crippen LogP contribution in [-0.2, 0) is 0 Å². The second kappa shape index (κ2) is 5.03. The van der Waals surface area contributed by atoms with E-state index < -0.39 is 0 Å². The molecule has 0 radical (unpaired) electrons. The fraction of sp³-hybridized carbons (Fsp3) is 0.333. The minimum atomic E-state index is 0.151. The van der Waals surface area contributed by atoms with Gasteiger partial charge in [-0.25, -0.2) is 0 Å². The Balaban J connectivity index is 2.34. The van der Waals surface area contributed by atoms with E-state index in [0.717, 1.165) is 0 Å². The van der Waals surface area contributed by atoms with E-state index >= 15 is 0 Å². The zero-order valence-electron chi connectivity index (χ0n) is 10.6. The molecule has 0 bridgehead atoms. The lowest BCUT2D eigenvalue weighted by Crippen LogP contribution is -2.14. The molecular weight excluding hydrogens is 226 g/mol. The van der Waals surface area contributed by atoms with Crippen molar-refractivity contribution >= 4 is 11.3 Å². The molecule has 0 aliphatic carbocycles. The van der Waals surface area contributed by atoms with Gasteiger partial charge in [-0.3, -0.25) is 0 Å². The molecule has 0 aliphatic heterocycles. The lowest BCUT2D eigenvalue weighted by molar-refractivity contribution is 0.521. The van der Waals surface area contributed by atoms with Crippen molar-refractivity contribution in [2.75, 3.05) is 0 Å². The quantitative estimate of drug-likeness (QED) is 0.853. The maximum absolute atomic E-state index is 6.18. The molecule has 0 saturated carbocycles. The summed E-state index contributed by atoms with van der Waals surface area (Å²) in [7, 11) is 0. The number of hydrogen-bond donors (Lipinski definition) is 1. The molecule has 2 rings (SSSR count). The van der Waals surface area contributed by atoms with Gasteiger partial charge >= 0.3 is 0 Å². The number of aryl methyl sites for hydroxylation is 1. The fourth-order valence-electron chi connectivity index (χ4n) is 1.85. The molecule has 0 amide bonds. The Hall–Kier alpha value is -1.12. The molecule has 2 N–H and O–H groups in total. The highest BCUT2D eigenvalue weighted by atomic mass is 32.1. The van der Waals surface area contributed by atoms with Crippen LogP contribution in [0, 0.1) is 12.8 Å². The van der Waals surface area contributed by atoms with Crippen LogP contribution in [0.5, 0.6) is 0 Å². The maximum atomic E-state index is 6.18. The van der Waals surface area contributed by atoms with Crippen molar-refractivity contribution < 1.29 is 0 Å². The lowest BCUT2D eigenvalue weighted by Gasteiger charge is -2.13. The Labute approximate surface area is 107 Å². The molecule has 0 spiro atoms. The summed E-state index contributed by atoms with van der Waals surface area (Å²) in [5, 5.41) is 0. The van der Waals surface area contributed by atoms with Crippen LogP contribution in [0.4, 0.5) is 0 Å². The Bertz CT molecular complexity index is 499. The van der Waals surface area contributed by atoms with Crippen LogP contribution in [0.2, 0.25) is 0 Å². The SMILES string of the molecule is Cc1ccccc1-c1ccc(C(N)C(C)C)s1. The molecule has 0 aliphatic rings. The molecule has 1 aromatic carbocycles. The Morgan fingerprint density at radius 3 is 2.41 bits per heavy atom. The van der Waals surface area contributed by atoms with Crippen molar-refractivity contribution in [2.45, 2.75) is 26.8 Å². The van der Waals surface area contributed by atoms with Gasteiger partial charge in [-0.15, -0.1) is 11.3 Å². The average molecular weight is 245 g/mol. The summed E-state index contributed by atoms with van der Waals surface area (Å²) >= 11 is 1.81. The molecule has 2 heteroatoms. The Morgan fingerprint density at radius 2 is 1.76 bits per heavy atom. The van der Waals surface area contributed by atoms with E-state index in [1.165, 1.54) is 20.9 Å². The number of benzene rings is 1. The summed E-state index contributed by atoms with van der Waals surface area (Å²) in [4.78, 5) is 2.59. The van der Waals surface area contributed by atoms with Crippen LogP contribution in [0.15, 0.2) is 36.4 Å². The average Bonchev–Trinajstić information content (AvgIpc) is 2.77. The largest absolute Gasteiger partial charge is 0.323 e. The van der Waals surface area contributed by atoms with E-state index in [1.807, 2.05) is 11.3 Å². The van der Waals surface area contributed by atoms with Gasteiger partial charge < -0.3 is 5.73 Å². The van der Waals surface area contributed by atoms with Crippen LogP contribution in [0.3, 0.4) is 0 Å². The van der Waals surface area contributed by atoms with Crippen LogP contribution in [0.1, 0.15) is 30.3 Å². The first-order chi connectivity index (χ1) is 8.09. The second-order valence-electron chi connectivity index (χ2n) is 4.79. The third kappa shape index (κ3) is 2.59. The van der Waals surface area contributed by atoms with E-state index in [1.54, 1.807) is 0 Å². The second-order valence-corrected chi connectivity index (χ2v) is 5.90. The fourth-order valence-corrected chi connectivity index (χ4v) is 3.13. The number of rotatable bonds is 3. The van der Waals surface area contributed by atoms with Crippen LogP contribution < -0.4 is 5.73 Å². The smallest absolute Gasteiger partial charge is 0.0413 e. The van der Waals surface area contributed by atoms with Gasteiger partial charge in [-0.2, -0.15) is 0 Å². The van der Waals surface area contributed by atoms with E-state index in [9.17, 15) is 0 Å². The van der Waals surface area contributed by atoms with E-state index in [4.69, 9.17) is 5.73 Å². The monoisotopic (exact) mass is 245 g/mol. The number of nitrogens with two attached hydrogens (primary N) is 1. The summed E-state index contributed by atoms with van der Waals surface area (Å²) in [6.07, 6.45) is 0. The van der Waals surface area contributed by atoms with Crippen molar-refractivity contribution in [1.82, 2.24) is 0 Å². The van der Waals surface area contributed by atoms with Gasteiger partial charge in [0.25, 0.3) is 0 Å².